The molecule has 0 bridgehead atoms. The van der Waals surface area contributed by atoms with Crippen molar-refractivity contribution in [2.24, 2.45) is 0 Å². The number of H-pyrrole nitrogens is 1. The van der Waals surface area contributed by atoms with Crippen LogP contribution in [-0.2, 0) is 4.79 Å². The number of ether oxygens (including phenoxy) is 1. The summed E-state index contributed by atoms with van der Waals surface area (Å²) in [4.78, 5) is 11.9. The van der Waals surface area contributed by atoms with Crippen molar-refractivity contribution in [2.45, 2.75) is 6.42 Å². The number of rotatable bonds is 6. The number of aromatic amines is 1. The van der Waals surface area contributed by atoms with Crippen molar-refractivity contribution in [2.75, 3.05) is 11.9 Å². The highest BCUT2D eigenvalue weighted by atomic mass is 16.5. The predicted octanol–water partition coefficient (Wildman–Crippen LogP) is 2.27. The van der Waals surface area contributed by atoms with Crippen molar-refractivity contribution in [1.82, 2.24) is 20.6 Å². The summed E-state index contributed by atoms with van der Waals surface area (Å²) < 4.78 is 5.49. The van der Waals surface area contributed by atoms with Gasteiger partial charge >= 0.3 is 0 Å². The highest BCUT2D eigenvalue weighted by Gasteiger charge is 2.05. The maximum Gasteiger partial charge on any atom is 0.227 e. The SMILES string of the molecule is O=C(CCOc1ccccc1)Nc1ccc(-c2nn[nH]n2)cc1. The molecule has 0 aliphatic carbocycles. The number of carbonyl (C=O) groups is 1. The van der Waals surface area contributed by atoms with E-state index >= 15 is 0 Å². The minimum Gasteiger partial charge on any atom is -0.493 e. The van der Waals surface area contributed by atoms with Gasteiger partial charge in [-0.2, -0.15) is 5.21 Å². The number of aromatic nitrogens is 4. The molecule has 0 unspecified atom stereocenters. The first kappa shape index (κ1) is 14.7. The Morgan fingerprint density at radius 1 is 1.09 bits per heavy atom. The third kappa shape index (κ3) is 4.13. The van der Waals surface area contributed by atoms with E-state index in [1.165, 1.54) is 0 Å². The van der Waals surface area contributed by atoms with E-state index in [0.29, 0.717) is 18.1 Å². The molecule has 0 radical (unpaired) electrons. The molecule has 0 fully saturated rings. The van der Waals surface area contributed by atoms with E-state index in [1.807, 2.05) is 42.5 Å². The molecule has 1 heterocycles. The number of nitrogens with zero attached hydrogens (tertiary/aromatic N) is 3. The molecule has 3 aromatic rings. The van der Waals surface area contributed by atoms with E-state index in [4.69, 9.17) is 4.74 Å². The monoisotopic (exact) mass is 309 g/mol. The smallest absolute Gasteiger partial charge is 0.227 e. The molecule has 0 aliphatic rings. The summed E-state index contributed by atoms with van der Waals surface area (Å²) in [7, 11) is 0. The Labute approximate surface area is 132 Å². The first-order valence-corrected chi connectivity index (χ1v) is 7.13. The molecule has 0 saturated carbocycles. The number of benzene rings is 2. The number of anilines is 1. The maximum atomic E-state index is 11.9. The van der Waals surface area contributed by atoms with Crippen molar-refractivity contribution in [1.29, 1.82) is 0 Å². The zero-order valence-corrected chi connectivity index (χ0v) is 12.3. The van der Waals surface area contributed by atoms with Gasteiger partial charge in [0.1, 0.15) is 5.75 Å². The van der Waals surface area contributed by atoms with Gasteiger partial charge in [-0.3, -0.25) is 4.79 Å². The Kier molecular flexibility index (Phi) is 4.58. The molecule has 0 atom stereocenters. The Bertz CT molecular complexity index is 742. The van der Waals surface area contributed by atoms with E-state index in [1.54, 1.807) is 12.1 Å². The van der Waals surface area contributed by atoms with Crippen LogP contribution in [0.5, 0.6) is 5.75 Å². The fourth-order valence-electron chi connectivity index (χ4n) is 1.99. The molecular formula is C16H15N5O2. The Morgan fingerprint density at radius 2 is 1.87 bits per heavy atom. The van der Waals surface area contributed by atoms with E-state index in [0.717, 1.165) is 11.3 Å². The number of amides is 1. The molecule has 0 spiro atoms. The van der Waals surface area contributed by atoms with Gasteiger partial charge in [-0.1, -0.05) is 18.2 Å². The molecule has 7 heteroatoms. The van der Waals surface area contributed by atoms with Gasteiger partial charge < -0.3 is 10.1 Å². The van der Waals surface area contributed by atoms with E-state index < -0.39 is 0 Å². The van der Waals surface area contributed by atoms with Gasteiger partial charge in [-0.05, 0) is 41.6 Å². The van der Waals surface area contributed by atoms with Gasteiger partial charge in [-0.25, -0.2) is 0 Å². The summed E-state index contributed by atoms with van der Waals surface area (Å²) in [5.41, 5.74) is 1.53. The van der Waals surface area contributed by atoms with Crippen LogP contribution in [0, 0.1) is 0 Å². The summed E-state index contributed by atoms with van der Waals surface area (Å²) in [5.74, 6) is 1.16. The second-order valence-corrected chi connectivity index (χ2v) is 4.77. The highest BCUT2D eigenvalue weighted by Crippen LogP contribution is 2.17. The summed E-state index contributed by atoms with van der Waals surface area (Å²) in [6.45, 7) is 0.330. The van der Waals surface area contributed by atoms with Gasteiger partial charge in [-0.15, -0.1) is 10.2 Å². The fourth-order valence-corrected chi connectivity index (χ4v) is 1.99. The normalized spacial score (nSPS) is 10.3. The second-order valence-electron chi connectivity index (χ2n) is 4.77. The third-order valence-electron chi connectivity index (χ3n) is 3.11. The highest BCUT2D eigenvalue weighted by molar-refractivity contribution is 5.91. The number of tetrazole rings is 1. The number of para-hydroxylation sites is 1. The molecule has 7 nitrogen and oxygen atoms in total. The third-order valence-corrected chi connectivity index (χ3v) is 3.11. The number of carbonyl (C=O) groups excluding carboxylic acids is 1. The zero-order valence-electron chi connectivity index (χ0n) is 12.3. The first-order valence-electron chi connectivity index (χ1n) is 7.13. The molecule has 0 aliphatic heterocycles. The van der Waals surface area contributed by atoms with Crippen LogP contribution in [-0.4, -0.2) is 33.1 Å². The van der Waals surface area contributed by atoms with Crippen molar-refractivity contribution in [3.63, 3.8) is 0 Å². The number of hydrogen-bond donors (Lipinski definition) is 2. The lowest BCUT2D eigenvalue weighted by molar-refractivity contribution is -0.116. The summed E-state index contributed by atoms with van der Waals surface area (Å²) in [6.07, 6.45) is 0.279. The molecule has 23 heavy (non-hydrogen) atoms. The number of hydrogen-bond acceptors (Lipinski definition) is 5. The summed E-state index contributed by atoms with van der Waals surface area (Å²) in [5, 5.41) is 16.5. The molecule has 1 aromatic heterocycles. The Hall–Kier alpha value is -3.22. The van der Waals surface area contributed by atoms with Gasteiger partial charge in [0, 0.05) is 11.3 Å². The van der Waals surface area contributed by atoms with Gasteiger partial charge in [0.2, 0.25) is 11.7 Å². The van der Waals surface area contributed by atoms with Crippen LogP contribution >= 0.6 is 0 Å². The Morgan fingerprint density at radius 3 is 2.57 bits per heavy atom. The molecule has 1 amide bonds. The van der Waals surface area contributed by atoms with Crippen LogP contribution < -0.4 is 10.1 Å². The predicted molar refractivity (Wildman–Crippen MR) is 84.8 cm³/mol. The molecule has 0 saturated heterocycles. The topological polar surface area (TPSA) is 92.8 Å². The minimum absolute atomic E-state index is 0.103. The van der Waals surface area contributed by atoms with Crippen LogP contribution in [0.25, 0.3) is 11.4 Å². The van der Waals surface area contributed by atoms with E-state index in [-0.39, 0.29) is 12.3 Å². The molecule has 3 rings (SSSR count). The molecule has 2 N–H and O–H groups in total. The van der Waals surface area contributed by atoms with Crippen molar-refractivity contribution in [3.8, 4) is 17.1 Å². The van der Waals surface area contributed by atoms with Gasteiger partial charge in [0.25, 0.3) is 0 Å². The molecule has 116 valence electrons. The minimum atomic E-state index is -0.103. The first-order chi connectivity index (χ1) is 11.3. The zero-order chi connectivity index (χ0) is 15.9. The van der Waals surface area contributed by atoms with Crippen LogP contribution in [0.2, 0.25) is 0 Å². The largest absolute Gasteiger partial charge is 0.493 e. The lowest BCUT2D eigenvalue weighted by atomic mass is 10.2. The van der Waals surface area contributed by atoms with Gasteiger partial charge in [0.05, 0.1) is 13.0 Å². The number of nitrogens with one attached hydrogen (secondary N) is 2. The summed E-state index contributed by atoms with van der Waals surface area (Å²) >= 11 is 0. The fraction of sp³-hybridized carbons (Fsp3) is 0.125. The standard InChI is InChI=1S/C16H15N5O2/c22-15(10-11-23-14-4-2-1-3-5-14)17-13-8-6-12(7-9-13)16-18-20-21-19-16/h1-9H,10-11H2,(H,17,22)(H,18,19,20,21). The lowest BCUT2D eigenvalue weighted by Crippen LogP contribution is -2.15. The van der Waals surface area contributed by atoms with E-state index in [9.17, 15) is 4.79 Å². The average molecular weight is 309 g/mol. The molecule has 2 aromatic carbocycles. The van der Waals surface area contributed by atoms with E-state index in [2.05, 4.69) is 25.9 Å². The van der Waals surface area contributed by atoms with Crippen molar-refractivity contribution in [3.05, 3.63) is 54.6 Å². The van der Waals surface area contributed by atoms with Crippen LogP contribution in [0.4, 0.5) is 5.69 Å². The quantitative estimate of drug-likeness (QED) is 0.728. The summed E-state index contributed by atoms with van der Waals surface area (Å²) in [6, 6.07) is 16.6. The maximum absolute atomic E-state index is 11.9. The lowest BCUT2D eigenvalue weighted by Gasteiger charge is -2.07. The van der Waals surface area contributed by atoms with Crippen LogP contribution in [0.3, 0.4) is 0 Å². The van der Waals surface area contributed by atoms with Crippen molar-refractivity contribution >= 4 is 11.6 Å². The van der Waals surface area contributed by atoms with Crippen LogP contribution in [0.1, 0.15) is 6.42 Å². The Balaban J connectivity index is 1.48. The molecular weight excluding hydrogens is 294 g/mol. The second kappa shape index (κ2) is 7.17. The van der Waals surface area contributed by atoms with Gasteiger partial charge in [0.15, 0.2) is 0 Å². The van der Waals surface area contributed by atoms with Crippen molar-refractivity contribution < 1.29 is 9.53 Å². The van der Waals surface area contributed by atoms with Crippen LogP contribution in [0.15, 0.2) is 54.6 Å². The average Bonchev–Trinajstić information content (AvgIpc) is 3.11.